The summed E-state index contributed by atoms with van der Waals surface area (Å²) in [5.41, 5.74) is 8.57. The second kappa shape index (κ2) is 6.74. The number of aromatic nitrogens is 2. The van der Waals surface area contributed by atoms with Crippen LogP contribution in [0.1, 0.15) is 33.7 Å². The summed E-state index contributed by atoms with van der Waals surface area (Å²) in [7, 11) is 0. The number of fused-ring (bicyclic) bond motifs is 5. The fourth-order valence-corrected chi connectivity index (χ4v) is 4.51. The molecule has 1 amide bonds. The monoisotopic (exact) mass is 406 g/mol. The number of nitrogens with one attached hydrogen (secondary N) is 1. The number of carbonyl (C=O) groups excluding carboxylic acids is 1. The van der Waals surface area contributed by atoms with Gasteiger partial charge in [0.05, 0.1) is 16.6 Å². The van der Waals surface area contributed by atoms with Crippen LogP contribution in [0, 0.1) is 0 Å². The molecule has 6 rings (SSSR count). The molecule has 0 atom stereocenters. The van der Waals surface area contributed by atoms with Crippen molar-refractivity contribution in [2.24, 2.45) is 5.10 Å². The van der Waals surface area contributed by atoms with Crippen LogP contribution >= 0.6 is 0 Å². The highest BCUT2D eigenvalue weighted by molar-refractivity contribution is 6.24. The number of hydrogen-bond acceptors (Lipinski definition) is 4. The number of aryl methyl sites for hydroxylation is 1. The van der Waals surface area contributed by atoms with Gasteiger partial charge in [0.1, 0.15) is 5.82 Å². The standard InChI is InChI=1S/C25H18N4O2/c30-24(15-11-12-20-21(14-15)26-22-10-5-13-29(22)25(20)31)28-27-23-18-8-3-1-6-16(18)17-7-2-4-9-19(17)23/h1-4,6-9,11-12,14H,5,10,13H2,(H,28,30). The van der Waals surface area contributed by atoms with Crippen LogP contribution in [-0.2, 0) is 13.0 Å². The van der Waals surface area contributed by atoms with Crippen molar-refractivity contribution in [1.82, 2.24) is 15.0 Å². The first-order chi connectivity index (χ1) is 15.2. The molecule has 0 bridgehead atoms. The number of hydrazone groups is 1. The summed E-state index contributed by atoms with van der Waals surface area (Å²) < 4.78 is 1.73. The molecule has 6 heteroatoms. The summed E-state index contributed by atoms with van der Waals surface area (Å²) in [6.45, 7) is 0.708. The molecular weight excluding hydrogens is 388 g/mol. The third-order valence-corrected chi connectivity index (χ3v) is 6.00. The van der Waals surface area contributed by atoms with Gasteiger partial charge in [-0.3, -0.25) is 14.2 Å². The molecular formula is C25H18N4O2. The van der Waals surface area contributed by atoms with E-state index in [1.807, 2.05) is 36.4 Å². The SMILES string of the molecule is O=C(NN=C1c2ccccc2-c2ccccc21)c1ccc2c(=O)n3c(nc2c1)CCC3. The van der Waals surface area contributed by atoms with E-state index >= 15 is 0 Å². The van der Waals surface area contributed by atoms with E-state index in [-0.39, 0.29) is 11.5 Å². The van der Waals surface area contributed by atoms with E-state index in [1.165, 1.54) is 0 Å². The zero-order valence-corrected chi connectivity index (χ0v) is 16.6. The van der Waals surface area contributed by atoms with E-state index < -0.39 is 0 Å². The molecule has 0 radical (unpaired) electrons. The molecule has 3 aromatic carbocycles. The maximum absolute atomic E-state index is 12.9. The molecule has 2 heterocycles. The summed E-state index contributed by atoms with van der Waals surface area (Å²) in [6.07, 6.45) is 1.71. The van der Waals surface area contributed by atoms with Crippen LogP contribution in [0.3, 0.4) is 0 Å². The molecule has 0 saturated heterocycles. The molecule has 0 fully saturated rings. The maximum Gasteiger partial charge on any atom is 0.271 e. The molecule has 1 N–H and O–H groups in total. The highest BCUT2D eigenvalue weighted by Gasteiger charge is 2.24. The highest BCUT2D eigenvalue weighted by atomic mass is 16.2. The van der Waals surface area contributed by atoms with Crippen molar-refractivity contribution in [2.75, 3.05) is 0 Å². The summed E-state index contributed by atoms with van der Waals surface area (Å²) >= 11 is 0. The molecule has 4 aromatic rings. The molecule has 1 aromatic heterocycles. The lowest BCUT2D eigenvalue weighted by atomic mass is 10.1. The van der Waals surface area contributed by atoms with Crippen LogP contribution < -0.4 is 11.0 Å². The van der Waals surface area contributed by atoms with Crippen LogP contribution in [0.4, 0.5) is 0 Å². The van der Waals surface area contributed by atoms with Crippen LogP contribution in [0.2, 0.25) is 0 Å². The zero-order valence-electron chi connectivity index (χ0n) is 16.6. The number of rotatable bonds is 2. The Morgan fingerprint density at radius 3 is 2.32 bits per heavy atom. The number of benzene rings is 3. The summed E-state index contributed by atoms with van der Waals surface area (Å²) in [5, 5.41) is 5.00. The Kier molecular flexibility index (Phi) is 3.86. The van der Waals surface area contributed by atoms with E-state index in [4.69, 9.17) is 0 Å². The number of carbonyl (C=O) groups is 1. The third-order valence-electron chi connectivity index (χ3n) is 6.00. The van der Waals surface area contributed by atoms with E-state index in [0.717, 1.165) is 46.6 Å². The number of hydrogen-bond donors (Lipinski definition) is 1. The first-order valence-electron chi connectivity index (χ1n) is 10.3. The van der Waals surface area contributed by atoms with Gasteiger partial charge in [0.15, 0.2) is 0 Å². The minimum atomic E-state index is -0.335. The molecule has 2 aliphatic rings. The van der Waals surface area contributed by atoms with E-state index in [9.17, 15) is 9.59 Å². The first kappa shape index (κ1) is 17.8. The Balaban J connectivity index is 1.36. The van der Waals surface area contributed by atoms with Gasteiger partial charge in [-0.25, -0.2) is 10.4 Å². The Morgan fingerprint density at radius 2 is 1.61 bits per heavy atom. The van der Waals surface area contributed by atoms with Gasteiger partial charge < -0.3 is 0 Å². The van der Waals surface area contributed by atoms with Crippen molar-refractivity contribution in [1.29, 1.82) is 0 Å². The first-order valence-corrected chi connectivity index (χ1v) is 10.3. The van der Waals surface area contributed by atoms with Crippen LogP contribution in [0.5, 0.6) is 0 Å². The highest BCUT2D eigenvalue weighted by Crippen LogP contribution is 2.36. The van der Waals surface area contributed by atoms with Gasteiger partial charge in [-0.2, -0.15) is 5.10 Å². The Bertz CT molecular complexity index is 1440. The lowest BCUT2D eigenvalue weighted by Gasteiger charge is -2.07. The van der Waals surface area contributed by atoms with Gasteiger partial charge in [0.2, 0.25) is 0 Å². The van der Waals surface area contributed by atoms with Gasteiger partial charge in [0, 0.05) is 29.7 Å². The van der Waals surface area contributed by atoms with Crippen molar-refractivity contribution >= 4 is 22.5 Å². The minimum Gasteiger partial charge on any atom is -0.296 e. The normalized spacial score (nSPS) is 13.6. The van der Waals surface area contributed by atoms with Crippen molar-refractivity contribution in [3.8, 4) is 11.1 Å². The summed E-state index contributed by atoms with van der Waals surface area (Å²) in [4.78, 5) is 30.1. The van der Waals surface area contributed by atoms with E-state index in [0.29, 0.717) is 23.0 Å². The van der Waals surface area contributed by atoms with Gasteiger partial charge in [0.25, 0.3) is 11.5 Å². The largest absolute Gasteiger partial charge is 0.296 e. The van der Waals surface area contributed by atoms with Crippen molar-refractivity contribution in [2.45, 2.75) is 19.4 Å². The Morgan fingerprint density at radius 1 is 0.935 bits per heavy atom. The molecule has 31 heavy (non-hydrogen) atoms. The van der Waals surface area contributed by atoms with Gasteiger partial charge in [-0.15, -0.1) is 0 Å². The fraction of sp³-hybridized carbons (Fsp3) is 0.120. The molecule has 1 aliphatic heterocycles. The summed E-state index contributed by atoms with van der Waals surface area (Å²) in [6, 6.07) is 21.1. The lowest BCUT2D eigenvalue weighted by molar-refractivity contribution is 0.0955. The summed E-state index contributed by atoms with van der Waals surface area (Å²) in [5.74, 6) is 0.452. The predicted molar refractivity (Wildman–Crippen MR) is 119 cm³/mol. The lowest BCUT2D eigenvalue weighted by Crippen LogP contribution is -2.22. The average molecular weight is 406 g/mol. The molecule has 0 saturated carbocycles. The molecule has 0 spiro atoms. The van der Waals surface area contributed by atoms with E-state index in [1.54, 1.807) is 22.8 Å². The minimum absolute atomic E-state index is 0.0381. The van der Waals surface area contributed by atoms with Gasteiger partial charge >= 0.3 is 0 Å². The molecule has 6 nitrogen and oxygen atoms in total. The van der Waals surface area contributed by atoms with Crippen LogP contribution in [0.15, 0.2) is 76.6 Å². The Labute approximate surface area is 177 Å². The van der Waals surface area contributed by atoms with Gasteiger partial charge in [-0.05, 0) is 35.7 Å². The molecule has 0 unspecified atom stereocenters. The maximum atomic E-state index is 12.9. The smallest absolute Gasteiger partial charge is 0.271 e. The fourth-order valence-electron chi connectivity index (χ4n) is 4.51. The van der Waals surface area contributed by atoms with Crippen molar-refractivity contribution in [3.05, 3.63) is 99.6 Å². The van der Waals surface area contributed by atoms with Crippen molar-refractivity contribution < 1.29 is 4.79 Å². The topological polar surface area (TPSA) is 76.3 Å². The average Bonchev–Trinajstić information content (AvgIpc) is 3.40. The van der Waals surface area contributed by atoms with Crippen molar-refractivity contribution in [3.63, 3.8) is 0 Å². The van der Waals surface area contributed by atoms with Crippen LogP contribution in [0.25, 0.3) is 22.0 Å². The number of nitrogens with zero attached hydrogens (tertiary/aromatic N) is 3. The predicted octanol–water partition coefficient (Wildman–Crippen LogP) is 3.51. The number of amides is 1. The van der Waals surface area contributed by atoms with Gasteiger partial charge in [-0.1, -0.05) is 48.5 Å². The Hall–Kier alpha value is -4.06. The van der Waals surface area contributed by atoms with E-state index in [2.05, 4.69) is 27.6 Å². The molecule has 1 aliphatic carbocycles. The second-order valence-corrected chi connectivity index (χ2v) is 7.81. The molecule has 150 valence electrons. The zero-order chi connectivity index (χ0) is 20.9. The third kappa shape index (κ3) is 2.72. The second-order valence-electron chi connectivity index (χ2n) is 7.81. The quantitative estimate of drug-likeness (QED) is 0.456. The van der Waals surface area contributed by atoms with Crippen LogP contribution in [-0.4, -0.2) is 21.2 Å².